The molecule has 0 radical (unpaired) electrons. The van der Waals surface area contributed by atoms with Gasteiger partial charge in [0.05, 0.1) is 0 Å². The molecule has 25 heavy (non-hydrogen) atoms. The van der Waals surface area contributed by atoms with Gasteiger partial charge in [-0.2, -0.15) is 0 Å². The number of carbonyl (C=O) groups excluding carboxylic acids is 2. The molecule has 1 unspecified atom stereocenters. The Morgan fingerprint density at radius 3 is 2.20 bits per heavy atom. The van der Waals surface area contributed by atoms with Crippen molar-refractivity contribution >= 4 is 11.8 Å². The fourth-order valence-corrected chi connectivity index (χ4v) is 3.51. The van der Waals surface area contributed by atoms with Crippen LogP contribution in [-0.2, 0) is 19.9 Å². The summed E-state index contributed by atoms with van der Waals surface area (Å²) in [6.45, 7) is 8.50. The Morgan fingerprint density at radius 2 is 1.72 bits per heavy atom. The molecule has 0 aromatic heterocycles. The minimum Gasteiger partial charge on any atom is -0.364 e. The van der Waals surface area contributed by atoms with E-state index in [1.807, 2.05) is 60.9 Å². The second kappa shape index (κ2) is 8.48. The largest absolute Gasteiger partial charge is 0.364 e. The number of methoxy groups -OCH3 is 1. The van der Waals surface area contributed by atoms with Gasteiger partial charge in [-0.1, -0.05) is 30.3 Å². The number of carbonyl (C=O) groups is 2. The maximum atomic E-state index is 13.1. The van der Waals surface area contributed by atoms with Crippen molar-refractivity contribution in [2.45, 2.75) is 39.2 Å². The lowest BCUT2D eigenvalue weighted by Crippen LogP contribution is -2.51. The number of nitrogens with zero attached hydrogens (tertiary/aromatic N) is 2. The highest BCUT2D eigenvalue weighted by Gasteiger charge is 2.40. The normalized spacial score (nSPS) is 17.8. The van der Waals surface area contributed by atoms with Crippen LogP contribution in [0, 0.1) is 5.92 Å². The molecule has 1 aliphatic rings. The smallest absolute Gasteiger partial charge is 0.259 e. The monoisotopic (exact) mass is 346 g/mol. The van der Waals surface area contributed by atoms with Crippen LogP contribution in [0.25, 0.3) is 0 Å². The van der Waals surface area contributed by atoms with Crippen molar-refractivity contribution in [3.05, 3.63) is 35.9 Å². The first-order chi connectivity index (χ1) is 12.0. The lowest BCUT2D eigenvalue weighted by molar-refractivity contribution is -0.157. The molecule has 0 saturated carbocycles. The Kier molecular flexibility index (Phi) is 6.59. The summed E-state index contributed by atoms with van der Waals surface area (Å²) in [4.78, 5) is 29.3. The Hall–Kier alpha value is -1.88. The van der Waals surface area contributed by atoms with E-state index in [0.717, 1.165) is 31.5 Å². The Morgan fingerprint density at radius 1 is 1.16 bits per heavy atom. The molecule has 1 heterocycles. The lowest BCUT2D eigenvalue weighted by Gasteiger charge is -2.38. The number of ether oxygens (including phenoxy) is 1. The molecule has 0 aliphatic carbocycles. The molecule has 1 aromatic carbocycles. The van der Waals surface area contributed by atoms with Gasteiger partial charge in [-0.3, -0.25) is 9.59 Å². The standard InChI is InChI=1S/C20H30N2O3/c1-5-21(6-2)18(23)16-12-14-22(15-13-16)19(24)20(3,25-4)17-10-8-7-9-11-17/h7-11,16H,5-6,12-15H2,1-4H3. The molecule has 1 aromatic rings. The van der Waals surface area contributed by atoms with Crippen molar-refractivity contribution in [3.63, 3.8) is 0 Å². The number of amides is 2. The van der Waals surface area contributed by atoms with Gasteiger partial charge < -0.3 is 14.5 Å². The first-order valence-corrected chi connectivity index (χ1v) is 9.16. The number of benzene rings is 1. The van der Waals surface area contributed by atoms with Gasteiger partial charge >= 0.3 is 0 Å². The zero-order valence-electron chi connectivity index (χ0n) is 15.8. The van der Waals surface area contributed by atoms with Gasteiger partial charge in [0.25, 0.3) is 5.91 Å². The summed E-state index contributed by atoms with van der Waals surface area (Å²) >= 11 is 0. The highest BCUT2D eigenvalue weighted by Crippen LogP contribution is 2.29. The summed E-state index contributed by atoms with van der Waals surface area (Å²) in [6.07, 6.45) is 1.44. The second-order valence-corrected chi connectivity index (χ2v) is 6.68. The van der Waals surface area contributed by atoms with Gasteiger partial charge in [0.2, 0.25) is 5.91 Å². The molecule has 5 heteroatoms. The molecule has 1 aliphatic heterocycles. The van der Waals surface area contributed by atoms with Crippen LogP contribution in [0.3, 0.4) is 0 Å². The van der Waals surface area contributed by atoms with E-state index in [-0.39, 0.29) is 17.7 Å². The maximum absolute atomic E-state index is 13.1. The molecule has 2 amide bonds. The van der Waals surface area contributed by atoms with E-state index in [9.17, 15) is 9.59 Å². The van der Waals surface area contributed by atoms with Crippen LogP contribution in [-0.4, -0.2) is 54.9 Å². The van der Waals surface area contributed by atoms with Crippen molar-refractivity contribution in [3.8, 4) is 0 Å². The molecule has 0 spiro atoms. The molecule has 1 atom stereocenters. The van der Waals surface area contributed by atoms with Crippen molar-refractivity contribution < 1.29 is 14.3 Å². The quantitative estimate of drug-likeness (QED) is 0.796. The number of hydrogen-bond donors (Lipinski definition) is 0. The number of likely N-dealkylation sites (tertiary alicyclic amines) is 1. The third kappa shape index (κ3) is 4.03. The lowest BCUT2D eigenvalue weighted by atomic mass is 9.90. The zero-order chi connectivity index (χ0) is 18.4. The third-order valence-electron chi connectivity index (χ3n) is 5.35. The van der Waals surface area contributed by atoms with Crippen molar-refractivity contribution in [2.24, 2.45) is 5.92 Å². The summed E-state index contributed by atoms with van der Waals surface area (Å²) < 4.78 is 5.62. The summed E-state index contributed by atoms with van der Waals surface area (Å²) in [5.74, 6) is 0.207. The van der Waals surface area contributed by atoms with Gasteiger partial charge in [0, 0.05) is 39.2 Å². The maximum Gasteiger partial charge on any atom is 0.259 e. The van der Waals surface area contributed by atoms with E-state index < -0.39 is 5.60 Å². The van der Waals surface area contributed by atoms with Crippen LogP contribution in [0.2, 0.25) is 0 Å². The second-order valence-electron chi connectivity index (χ2n) is 6.68. The molecular formula is C20H30N2O3. The SMILES string of the molecule is CCN(CC)C(=O)C1CCN(C(=O)C(C)(OC)c2ccccc2)CC1. The van der Waals surface area contributed by atoms with Crippen molar-refractivity contribution in [2.75, 3.05) is 33.3 Å². The molecular weight excluding hydrogens is 316 g/mol. The molecule has 2 rings (SSSR count). The highest BCUT2D eigenvalue weighted by atomic mass is 16.5. The van der Waals surface area contributed by atoms with E-state index in [1.165, 1.54) is 0 Å². The van der Waals surface area contributed by atoms with Gasteiger partial charge in [-0.15, -0.1) is 0 Å². The average Bonchev–Trinajstić information content (AvgIpc) is 2.68. The number of piperidine rings is 1. The topological polar surface area (TPSA) is 49.9 Å². The van der Waals surface area contributed by atoms with Crippen molar-refractivity contribution in [1.82, 2.24) is 9.80 Å². The summed E-state index contributed by atoms with van der Waals surface area (Å²) in [5, 5.41) is 0. The van der Waals surface area contributed by atoms with Gasteiger partial charge in [-0.25, -0.2) is 0 Å². The molecule has 1 saturated heterocycles. The summed E-state index contributed by atoms with van der Waals surface area (Å²) in [5.41, 5.74) is -0.138. The van der Waals surface area contributed by atoms with Gasteiger partial charge in [-0.05, 0) is 39.2 Å². The number of rotatable bonds is 6. The van der Waals surface area contributed by atoms with Gasteiger partial charge in [0.1, 0.15) is 0 Å². The Bertz CT molecular complexity index is 578. The van der Waals surface area contributed by atoms with Crippen LogP contribution in [0.4, 0.5) is 0 Å². The van der Waals surface area contributed by atoms with Crippen LogP contribution in [0.1, 0.15) is 39.2 Å². The highest BCUT2D eigenvalue weighted by molar-refractivity contribution is 5.87. The third-order valence-corrected chi connectivity index (χ3v) is 5.35. The van der Waals surface area contributed by atoms with Crippen molar-refractivity contribution in [1.29, 1.82) is 0 Å². The average molecular weight is 346 g/mol. The van der Waals surface area contributed by atoms with Crippen LogP contribution >= 0.6 is 0 Å². The zero-order valence-corrected chi connectivity index (χ0v) is 15.8. The van der Waals surface area contributed by atoms with Crippen LogP contribution < -0.4 is 0 Å². The Balaban J connectivity index is 2.04. The molecule has 5 nitrogen and oxygen atoms in total. The fourth-order valence-electron chi connectivity index (χ4n) is 3.51. The molecule has 1 fully saturated rings. The predicted molar refractivity (Wildman–Crippen MR) is 98.0 cm³/mol. The van der Waals surface area contributed by atoms with E-state index >= 15 is 0 Å². The molecule has 0 N–H and O–H groups in total. The van der Waals surface area contributed by atoms with Gasteiger partial charge in [0.15, 0.2) is 5.60 Å². The van der Waals surface area contributed by atoms with E-state index in [0.29, 0.717) is 13.1 Å². The first kappa shape index (κ1) is 19.4. The summed E-state index contributed by atoms with van der Waals surface area (Å²) in [6, 6.07) is 9.58. The fraction of sp³-hybridized carbons (Fsp3) is 0.600. The van der Waals surface area contributed by atoms with E-state index in [4.69, 9.17) is 4.74 Å². The first-order valence-electron chi connectivity index (χ1n) is 9.16. The minimum atomic E-state index is -0.989. The predicted octanol–water partition coefficient (Wildman–Crippen LogP) is 2.66. The molecule has 138 valence electrons. The number of hydrogen-bond acceptors (Lipinski definition) is 3. The van der Waals surface area contributed by atoms with Crippen LogP contribution in [0.5, 0.6) is 0 Å². The summed E-state index contributed by atoms with van der Waals surface area (Å²) in [7, 11) is 1.57. The van der Waals surface area contributed by atoms with Crippen LogP contribution in [0.15, 0.2) is 30.3 Å². The minimum absolute atomic E-state index is 0.0227. The van der Waals surface area contributed by atoms with E-state index in [1.54, 1.807) is 7.11 Å². The Labute approximate surface area is 150 Å². The molecule has 0 bridgehead atoms. The van der Waals surface area contributed by atoms with E-state index in [2.05, 4.69) is 0 Å².